The molecule has 0 spiro atoms. The molecule has 3 heterocycles. The summed E-state index contributed by atoms with van der Waals surface area (Å²) in [6.45, 7) is 11.0. The van der Waals surface area contributed by atoms with Gasteiger partial charge in [-0.1, -0.05) is 53.2 Å². The van der Waals surface area contributed by atoms with Crippen molar-refractivity contribution in [2.45, 2.75) is 204 Å². The van der Waals surface area contributed by atoms with Crippen LogP contribution < -0.4 is 0 Å². The van der Waals surface area contributed by atoms with Crippen LogP contribution in [0.25, 0.3) is 0 Å². The molecule has 4 saturated carbocycles. The van der Waals surface area contributed by atoms with Crippen molar-refractivity contribution >= 4 is 5.97 Å². The predicted octanol–water partition coefficient (Wildman–Crippen LogP) is -0.321. The first-order valence-corrected chi connectivity index (χ1v) is 24.5. The molecule has 0 aromatic heterocycles. The number of aliphatic carboxylic acids is 1. The van der Waals surface area contributed by atoms with Crippen LogP contribution in [0.15, 0.2) is 11.6 Å². The minimum Gasteiger partial charge on any atom is -0.481 e. The number of hydrogen-bond donors (Lipinski definition) is 12. The van der Waals surface area contributed by atoms with Crippen LogP contribution in [0.3, 0.4) is 0 Å². The topological polar surface area (TPSA) is 315 Å². The van der Waals surface area contributed by atoms with Crippen LogP contribution in [0.1, 0.15) is 106 Å². The van der Waals surface area contributed by atoms with Crippen molar-refractivity contribution in [1.82, 2.24) is 0 Å². The molecular formula is C48H78O19. The van der Waals surface area contributed by atoms with Gasteiger partial charge in [-0.05, 0) is 104 Å². The molecule has 24 atom stereocenters. The molecule has 384 valence electrons. The first-order chi connectivity index (χ1) is 31.4. The summed E-state index contributed by atoms with van der Waals surface area (Å²) in [6.07, 6.45) is -16.5. The Morgan fingerprint density at radius 3 is 1.67 bits per heavy atom. The number of carbonyl (C=O) groups is 1. The van der Waals surface area contributed by atoms with Crippen molar-refractivity contribution in [2.24, 2.45) is 50.2 Å². The summed E-state index contributed by atoms with van der Waals surface area (Å²) in [5.41, 5.74) is -0.868. The Bertz CT molecular complexity index is 1820. The fraction of sp³-hybridized carbons (Fsp3) is 0.938. The van der Waals surface area contributed by atoms with Gasteiger partial charge in [0.1, 0.15) is 73.2 Å². The number of aliphatic hydroxyl groups is 11. The first kappa shape index (κ1) is 51.9. The highest BCUT2D eigenvalue weighted by Gasteiger charge is 2.70. The van der Waals surface area contributed by atoms with Crippen LogP contribution in [0.5, 0.6) is 0 Å². The highest BCUT2D eigenvalue weighted by molar-refractivity contribution is 5.76. The summed E-state index contributed by atoms with van der Waals surface area (Å²) in [5.74, 6) is -0.533. The Hall–Kier alpha value is -1.47. The van der Waals surface area contributed by atoms with E-state index >= 15 is 0 Å². The molecule has 8 aliphatic rings. The molecule has 0 bridgehead atoms. The summed E-state index contributed by atoms with van der Waals surface area (Å²) < 4.78 is 35.5. The second-order valence-electron chi connectivity index (χ2n) is 23.3. The number of fused-ring (bicyclic) bond motifs is 7. The zero-order valence-corrected chi connectivity index (χ0v) is 39.7. The number of carboxylic acid groups (broad SMARTS) is 1. The van der Waals surface area contributed by atoms with Gasteiger partial charge in [-0.2, -0.15) is 0 Å². The third-order valence-corrected chi connectivity index (χ3v) is 19.5. The second-order valence-corrected chi connectivity index (χ2v) is 23.3. The lowest BCUT2D eigenvalue weighted by Crippen LogP contribution is -2.68. The van der Waals surface area contributed by atoms with Gasteiger partial charge in [0.15, 0.2) is 18.9 Å². The molecule has 0 amide bonds. The van der Waals surface area contributed by atoms with E-state index in [0.29, 0.717) is 25.7 Å². The largest absolute Gasteiger partial charge is 0.481 e. The summed E-state index contributed by atoms with van der Waals surface area (Å²) >= 11 is 0. The van der Waals surface area contributed by atoms with Crippen LogP contribution in [0, 0.1) is 50.2 Å². The van der Waals surface area contributed by atoms with Crippen molar-refractivity contribution in [3.05, 3.63) is 11.6 Å². The molecule has 19 nitrogen and oxygen atoms in total. The predicted molar refractivity (Wildman–Crippen MR) is 232 cm³/mol. The molecule has 8 rings (SSSR count). The molecule has 0 aromatic rings. The number of ether oxygens (including phenoxy) is 6. The summed E-state index contributed by atoms with van der Waals surface area (Å²) in [6, 6.07) is 0. The average molecular weight is 959 g/mol. The van der Waals surface area contributed by atoms with Gasteiger partial charge in [-0.15, -0.1) is 0 Å². The van der Waals surface area contributed by atoms with E-state index in [1.807, 2.05) is 6.92 Å². The van der Waals surface area contributed by atoms with E-state index in [1.165, 1.54) is 5.57 Å². The highest BCUT2D eigenvalue weighted by Crippen LogP contribution is 2.76. The van der Waals surface area contributed by atoms with E-state index in [1.54, 1.807) is 0 Å². The fourth-order valence-corrected chi connectivity index (χ4v) is 15.2. The zero-order chi connectivity index (χ0) is 49.0. The molecule has 3 aliphatic heterocycles. The van der Waals surface area contributed by atoms with E-state index in [9.17, 15) is 66.1 Å². The SMILES string of the molecule is CC1(C)CC[C@]2(C(=O)O)CC[C@]3(C)C(=CC[C@@H]4[C@@]5(C)CC[C@H](O[C@@H]6O[C@H](CO)[C@@H](O)[C@H](O[C@@H]7O[C@H](CO)[C@H](O)[C@H](O[C@@H]8O[C@H](CO)[C@H](O)[C@H](O)[C@H]8O)[C@H]7O)[C@H]6O)[C@@](C)(CO)[C@@H]5CC[C@]43C)[C@@H]2C1. The lowest BCUT2D eigenvalue weighted by Gasteiger charge is -2.71. The maximum atomic E-state index is 13.1. The Morgan fingerprint density at radius 2 is 1.13 bits per heavy atom. The maximum Gasteiger partial charge on any atom is 0.310 e. The van der Waals surface area contributed by atoms with Gasteiger partial charge in [0.2, 0.25) is 0 Å². The van der Waals surface area contributed by atoms with Gasteiger partial charge in [-0.3, -0.25) is 4.79 Å². The molecule has 0 aromatic carbocycles. The van der Waals surface area contributed by atoms with Crippen molar-refractivity contribution in [1.29, 1.82) is 0 Å². The third kappa shape index (κ3) is 8.10. The Morgan fingerprint density at radius 1 is 0.612 bits per heavy atom. The van der Waals surface area contributed by atoms with Crippen LogP contribution >= 0.6 is 0 Å². The van der Waals surface area contributed by atoms with Crippen molar-refractivity contribution in [3.8, 4) is 0 Å². The Balaban J connectivity index is 1.01. The molecule has 0 unspecified atom stereocenters. The Labute approximate surface area is 392 Å². The molecule has 7 fully saturated rings. The van der Waals surface area contributed by atoms with Gasteiger partial charge in [0.25, 0.3) is 0 Å². The zero-order valence-electron chi connectivity index (χ0n) is 39.7. The molecule has 67 heavy (non-hydrogen) atoms. The minimum absolute atomic E-state index is 0.0273. The number of carboxylic acids is 1. The summed E-state index contributed by atoms with van der Waals surface area (Å²) in [4.78, 5) is 13.1. The number of allylic oxidation sites excluding steroid dienone is 2. The quantitative estimate of drug-likeness (QED) is 0.0933. The van der Waals surface area contributed by atoms with E-state index in [-0.39, 0.29) is 46.0 Å². The van der Waals surface area contributed by atoms with E-state index < -0.39 is 135 Å². The maximum absolute atomic E-state index is 13.1. The standard InChI is InChI=1S/C48H78O19/c1-43(2)13-15-48(42(60)61)16-14-46(5)22(23(48)17-43)7-8-28-44(3)11-10-29(45(4,21-52)27(44)9-12-47(28,46)6)65-40-35(58)37(31(54)25(19-50)63-40)67-41-36(59)38(32(55)26(20-51)64-41)66-39-34(57)33(56)30(53)24(18-49)62-39/h7,23-41,49-59H,8-21H2,1-6H3,(H,60,61)/t23-,24+,25+,26+,27+,28+,29-,30-,31+,32-,33-,34+,35+,36+,37-,38-,39-,40-,41-,44-,45-,46+,47+,48-/m0/s1. The first-order valence-electron chi connectivity index (χ1n) is 24.5. The van der Waals surface area contributed by atoms with E-state index in [4.69, 9.17) is 28.4 Å². The molecule has 12 N–H and O–H groups in total. The molecule has 3 saturated heterocycles. The molecular weight excluding hydrogens is 881 g/mol. The highest BCUT2D eigenvalue weighted by atomic mass is 16.8. The molecule has 0 radical (unpaired) electrons. The number of aliphatic hydroxyl groups excluding tert-OH is 11. The van der Waals surface area contributed by atoms with Gasteiger partial charge in [-0.25, -0.2) is 0 Å². The second kappa shape index (κ2) is 18.5. The van der Waals surface area contributed by atoms with Gasteiger partial charge < -0.3 is 89.7 Å². The van der Waals surface area contributed by atoms with Gasteiger partial charge in [0.05, 0.1) is 37.9 Å². The third-order valence-electron chi connectivity index (χ3n) is 19.5. The fourth-order valence-electron chi connectivity index (χ4n) is 15.2. The summed E-state index contributed by atoms with van der Waals surface area (Å²) in [5, 5.41) is 129. The van der Waals surface area contributed by atoms with Gasteiger partial charge >= 0.3 is 5.97 Å². The van der Waals surface area contributed by atoms with Crippen LogP contribution in [0.4, 0.5) is 0 Å². The van der Waals surface area contributed by atoms with E-state index in [2.05, 4.69) is 40.7 Å². The molecule has 5 aliphatic carbocycles. The van der Waals surface area contributed by atoms with Crippen molar-refractivity contribution < 1.29 is 94.5 Å². The Kier molecular flexibility index (Phi) is 14.4. The molecule has 19 heteroatoms. The number of hydrogen-bond acceptors (Lipinski definition) is 18. The number of rotatable bonds is 11. The monoisotopic (exact) mass is 959 g/mol. The van der Waals surface area contributed by atoms with Crippen molar-refractivity contribution in [3.63, 3.8) is 0 Å². The normalized spacial score (nSPS) is 54.2. The van der Waals surface area contributed by atoms with Crippen LogP contribution in [-0.2, 0) is 33.2 Å². The van der Waals surface area contributed by atoms with Gasteiger partial charge in [0, 0.05) is 5.41 Å². The minimum atomic E-state index is -1.97. The van der Waals surface area contributed by atoms with Crippen LogP contribution in [0.2, 0.25) is 0 Å². The van der Waals surface area contributed by atoms with Crippen molar-refractivity contribution in [2.75, 3.05) is 26.4 Å². The summed E-state index contributed by atoms with van der Waals surface area (Å²) in [7, 11) is 0. The van der Waals surface area contributed by atoms with E-state index in [0.717, 1.165) is 38.5 Å². The van der Waals surface area contributed by atoms with Crippen LogP contribution in [-0.4, -0.2) is 192 Å². The lowest BCUT2D eigenvalue weighted by atomic mass is 9.33. The lowest BCUT2D eigenvalue weighted by molar-refractivity contribution is -0.385. The average Bonchev–Trinajstić information content (AvgIpc) is 3.28. The smallest absolute Gasteiger partial charge is 0.310 e.